The van der Waals surface area contributed by atoms with Gasteiger partial charge in [0.1, 0.15) is 11.7 Å². The Morgan fingerprint density at radius 3 is 2.91 bits per heavy atom. The van der Waals surface area contributed by atoms with Gasteiger partial charge in [-0.2, -0.15) is 0 Å². The first-order chi connectivity index (χ1) is 11.1. The van der Waals surface area contributed by atoms with E-state index in [2.05, 4.69) is 18.2 Å². The number of allylic oxidation sites excluding steroid dienone is 1. The average Bonchev–Trinajstić information content (AvgIpc) is 2.53. The summed E-state index contributed by atoms with van der Waals surface area (Å²) < 4.78 is 5.11. The highest BCUT2D eigenvalue weighted by atomic mass is 16.5. The first kappa shape index (κ1) is 15.9. The second-order valence-electron chi connectivity index (χ2n) is 6.42. The maximum atomic E-state index is 12.2. The number of ether oxygens (including phenoxy) is 1. The molecular formula is C19H23NO3. The molecule has 0 fully saturated rings. The van der Waals surface area contributed by atoms with Crippen molar-refractivity contribution in [3.05, 3.63) is 34.7 Å². The molecule has 3 rings (SSSR count). The summed E-state index contributed by atoms with van der Waals surface area (Å²) in [4.78, 5) is 28.9. The minimum atomic E-state index is -0.656. The van der Waals surface area contributed by atoms with Crippen molar-refractivity contribution in [2.75, 3.05) is 6.61 Å². The highest BCUT2D eigenvalue weighted by Gasteiger charge is 2.36. The van der Waals surface area contributed by atoms with E-state index in [9.17, 15) is 9.59 Å². The summed E-state index contributed by atoms with van der Waals surface area (Å²) >= 11 is 0. The highest BCUT2D eigenvalue weighted by molar-refractivity contribution is 5.98. The molecule has 0 spiro atoms. The molecule has 0 saturated carbocycles. The number of hydrogen-bond donors (Lipinski definition) is 0. The summed E-state index contributed by atoms with van der Waals surface area (Å²) in [6.07, 6.45) is 8.76. The van der Waals surface area contributed by atoms with Gasteiger partial charge in [0.05, 0.1) is 12.3 Å². The number of rotatable bonds is 4. The number of esters is 1. The normalized spacial score (nSPS) is 20.3. The van der Waals surface area contributed by atoms with E-state index in [0.717, 1.165) is 37.1 Å². The topological polar surface area (TPSA) is 56.3 Å². The lowest BCUT2D eigenvalue weighted by molar-refractivity contribution is -0.153. The summed E-state index contributed by atoms with van der Waals surface area (Å²) in [6, 6.07) is 2.27. The van der Waals surface area contributed by atoms with Crippen LogP contribution in [0.2, 0.25) is 0 Å². The number of nitrogens with zero attached hydrogens (tertiary/aromatic N) is 1. The molecule has 0 bridgehead atoms. The number of carbonyl (C=O) groups excluding carboxylic acids is 2. The van der Waals surface area contributed by atoms with E-state index in [4.69, 9.17) is 9.72 Å². The molecule has 1 heterocycles. The molecule has 122 valence electrons. The molecule has 0 radical (unpaired) electrons. The summed E-state index contributed by atoms with van der Waals surface area (Å²) in [5, 5.41) is 0. The maximum Gasteiger partial charge on any atom is 0.316 e. The number of aryl methyl sites for hydroxylation is 2. The Hall–Kier alpha value is -1.97. The Balaban J connectivity index is 1.85. The molecule has 0 amide bonds. The van der Waals surface area contributed by atoms with E-state index >= 15 is 0 Å². The van der Waals surface area contributed by atoms with Crippen LogP contribution in [-0.4, -0.2) is 23.3 Å². The molecule has 0 aliphatic heterocycles. The predicted molar refractivity (Wildman–Crippen MR) is 87.9 cm³/mol. The van der Waals surface area contributed by atoms with Gasteiger partial charge in [-0.15, -0.1) is 0 Å². The van der Waals surface area contributed by atoms with Crippen molar-refractivity contribution in [1.29, 1.82) is 0 Å². The van der Waals surface area contributed by atoms with Gasteiger partial charge < -0.3 is 4.74 Å². The van der Waals surface area contributed by atoms with E-state index in [1.165, 1.54) is 18.1 Å². The first-order valence-electron chi connectivity index (χ1n) is 8.45. The summed E-state index contributed by atoms with van der Waals surface area (Å²) in [5.41, 5.74) is 4.69. The molecule has 0 N–H and O–H groups in total. The number of carbonyl (C=O) groups is 2. The second kappa shape index (κ2) is 6.65. The van der Waals surface area contributed by atoms with Crippen LogP contribution >= 0.6 is 0 Å². The van der Waals surface area contributed by atoms with E-state index < -0.39 is 5.92 Å². The van der Waals surface area contributed by atoms with Gasteiger partial charge in [-0.3, -0.25) is 14.6 Å². The summed E-state index contributed by atoms with van der Waals surface area (Å²) in [6.45, 7) is 3.56. The largest absolute Gasteiger partial charge is 0.465 e. The Morgan fingerprint density at radius 2 is 2.17 bits per heavy atom. The van der Waals surface area contributed by atoms with E-state index in [1.807, 2.05) is 0 Å². The third-order valence-corrected chi connectivity index (χ3v) is 4.85. The van der Waals surface area contributed by atoms with Gasteiger partial charge >= 0.3 is 5.97 Å². The Bertz CT molecular complexity index is 663. The smallest absolute Gasteiger partial charge is 0.316 e. The highest BCUT2D eigenvalue weighted by Crippen LogP contribution is 2.33. The van der Waals surface area contributed by atoms with E-state index in [0.29, 0.717) is 13.0 Å². The molecule has 4 heteroatoms. The summed E-state index contributed by atoms with van der Waals surface area (Å²) in [5.74, 6) is -1.14. The lowest BCUT2D eigenvalue weighted by atomic mass is 9.76. The fraction of sp³-hybridized carbons (Fsp3) is 0.526. The zero-order valence-corrected chi connectivity index (χ0v) is 13.8. The number of aromatic nitrogens is 1. The second-order valence-corrected chi connectivity index (χ2v) is 6.42. The fourth-order valence-corrected chi connectivity index (χ4v) is 3.73. The van der Waals surface area contributed by atoms with E-state index in [-0.39, 0.29) is 17.7 Å². The molecule has 1 aromatic heterocycles. The molecule has 23 heavy (non-hydrogen) atoms. The lowest BCUT2D eigenvalue weighted by Crippen LogP contribution is -2.35. The van der Waals surface area contributed by atoms with Gasteiger partial charge in [-0.1, -0.05) is 12.1 Å². The van der Waals surface area contributed by atoms with Gasteiger partial charge in [-0.05, 0) is 69.1 Å². The van der Waals surface area contributed by atoms with Crippen LogP contribution in [0.15, 0.2) is 12.1 Å². The zero-order chi connectivity index (χ0) is 16.4. The number of hydrogen-bond acceptors (Lipinski definition) is 4. The lowest BCUT2D eigenvalue weighted by Gasteiger charge is -2.29. The van der Waals surface area contributed by atoms with Gasteiger partial charge in [-0.25, -0.2) is 0 Å². The molecule has 2 aliphatic rings. The summed E-state index contributed by atoms with van der Waals surface area (Å²) in [7, 11) is 0. The van der Waals surface area contributed by atoms with E-state index in [1.54, 1.807) is 6.92 Å². The van der Waals surface area contributed by atoms with Crippen LogP contribution in [0.3, 0.4) is 0 Å². The van der Waals surface area contributed by atoms with Crippen LogP contribution in [-0.2, 0) is 33.6 Å². The van der Waals surface area contributed by atoms with Gasteiger partial charge in [0, 0.05) is 5.69 Å². The SMILES string of the molecule is CCOC(=O)C(C(C)=O)C1CCc2cc3c(nc2C1)C=CCC3. The van der Waals surface area contributed by atoms with Crippen molar-refractivity contribution in [2.45, 2.75) is 46.0 Å². The number of ketones is 1. The minimum absolute atomic E-state index is 0.00262. The predicted octanol–water partition coefficient (Wildman–Crippen LogP) is 2.91. The minimum Gasteiger partial charge on any atom is -0.465 e. The quantitative estimate of drug-likeness (QED) is 0.633. The van der Waals surface area contributed by atoms with Gasteiger partial charge in [0.15, 0.2) is 0 Å². The Morgan fingerprint density at radius 1 is 1.35 bits per heavy atom. The fourth-order valence-electron chi connectivity index (χ4n) is 3.73. The zero-order valence-electron chi connectivity index (χ0n) is 13.8. The van der Waals surface area contributed by atoms with Crippen molar-refractivity contribution in [1.82, 2.24) is 4.98 Å². The first-order valence-corrected chi connectivity index (χ1v) is 8.45. The Kier molecular flexibility index (Phi) is 4.60. The Labute approximate surface area is 136 Å². The maximum absolute atomic E-state index is 12.2. The average molecular weight is 313 g/mol. The number of Topliss-reactive ketones (excluding diaryl/α,β-unsaturated/α-hetero) is 1. The molecular weight excluding hydrogens is 290 g/mol. The van der Waals surface area contributed by atoms with Crippen LogP contribution in [0.4, 0.5) is 0 Å². The van der Waals surface area contributed by atoms with Crippen molar-refractivity contribution in [2.24, 2.45) is 11.8 Å². The van der Waals surface area contributed by atoms with Gasteiger partial charge in [0.2, 0.25) is 0 Å². The molecule has 2 atom stereocenters. The van der Waals surface area contributed by atoms with Crippen LogP contribution < -0.4 is 0 Å². The van der Waals surface area contributed by atoms with Crippen molar-refractivity contribution in [3.8, 4) is 0 Å². The van der Waals surface area contributed by atoms with Gasteiger partial charge in [0.25, 0.3) is 0 Å². The monoisotopic (exact) mass is 313 g/mol. The molecule has 1 aromatic rings. The number of pyridine rings is 1. The van der Waals surface area contributed by atoms with Crippen LogP contribution in [0.1, 0.15) is 49.2 Å². The van der Waals surface area contributed by atoms with Crippen molar-refractivity contribution < 1.29 is 14.3 Å². The molecule has 0 aromatic carbocycles. The molecule has 4 nitrogen and oxygen atoms in total. The van der Waals surface area contributed by atoms with Crippen LogP contribution in [0.25, 0.3) is 6.08 Å². The van der Waals surface area contributed by atoms with Crippen molar-refractivity contribution in [3.63, 3.8) is 0 Å². The van der Waals surface area contributed by atoms with Crippen LogP contribution in [0.5, 0.6) is 0 Å². The van der Waals surface area contributed by atoms with Crippen LogP contribution in [0, 0.1) is 11.8 Å². The van der Waals surface area contributed by atoms with Crippen molar-refractivity contribution >= 4 is 17.8 Å². The molecule has 2 aliphatic carbocycles. The third-order valence-electron chi connectivity index (χ3n) is 4.85. The molecule has 0 saturated heterocycles. The molecule has 2 unspecified atom stereocenters. The number of fused-ring (bicyclic) bond motifs is 2. The third kappa shape index (κ3) is 3.21. The standard InChI is InChI=1S/C19H23NO3/c1-3-23-19(22)18(12(2)21)15-9-8-14-10-13-6-4-5-7-16(13)20-17(14)11-15/h5,7,10,15,18H,3-4,6,8-9,11H2,1-2H3.